The van der Waals surface area contributed by atoms with Crippen LogP contribution in [0.3, 0.4) is 0 Å². The molecule has 1 aromatic heterocycles. The first-order valence-corrected chi connectivity index (χ1v) is 4.75. The number of nitro groups is 1. The summed E-state index contributed by atoms with van der Waals surface area (Å²) < 4.78 is 14.2. The second-order valence-corrected chi connectivity index (χ2v) is 3.53. The molecule has 0 bridgehead atoms. The van der Waals surface area contributed by atoms with Crippen molar-refractivity contribution in [2.45, 2.75) is 6.92 Å². The number of nitrogens with two attached hydrogens (primary N) is 1. The Kier molecular flexibility index (Phi) is 2.51. The Labute approximate surface area is 95.6 Å². The summed E-state index contributed by atoms with van der Waals surface area (Å²) in [6.07, 6.45) is 1.55. The summed E-state index contributed by atoms with van der Waals surface area (Å²) in [5.74, 6) is -0.388. The lowest BCUT2D eigenvalue weighted by Gasteiger charge is -2.02. The van der Waals surface area contributed by atoms with Crippen molar-refractivity contribution in [1.82, 2.24) is 9.78 Å². The first-order chi connectivity index (χ1) is 7.99. The fraction of sp³-hybridized carbons (Fsp3) is 0.100. The van der Waals surface area contributed by atoms with Gasteiger partial charge in [-0.15, -0.1) is 0 Å². The first-order valence-electron chi connectivity index (χ1n) is 4.75. The Hall–Kier alpha value is -2.44. The van der Waals surface area contributed by atoms with Crippen LogP contribution in [0.1, 0.15) is 5.56 Å². The van der Waals surface area contributed by atoms with Crippen molar-refractivity contribution in [2.75, 3.05) is 5.73 Å². The first kappa shape index (κ1) is 11.1. The van der Waals surface area contributed by atoms with E-state index in [4.69, 9.17) is 5.73 Å². The Morgan fingerprint density at radius 2 is 2.24 bits per heavy atom. The molecule has 2 N–H and O–H groups in total. The Morgan fingerprint density at radius 3 is 2.76 bits per heavy atom. The molecular weight excluding hydrogens is 227 g/mol. The van der Waals surface area contributed by atoms with Crippen molar-refractivity contribution >= 4 is 11.5 Å². The number of hydrogen-bond donors (Lipinski definition) is 1. The summed E-state index contributed by atoms with van der Waals surface area (Å²) in [6, 6.07) is 3.28. The van der Waals surface area contributed by atoms with Gasteiger partial charge in [0.2, 0.25) is 0 Å². The van der Waals surface area contributed by atoms with Crippen LogP contribution in [-0.4, -0.2) is 14.7 Å². The van der Waals surface area contributed by atoms with E-state index in [0.717, 1.165) is 12.1 Å². The molecule has 0 saturated carbocycles. The van der Waals surface area contributed by atoms with Crippen LogP contribution in [0, 0.1) is 22.9 Å². The molecule has 0 saturated heterocycles. The molecule has 0 fully saturated rings. The van der Waals surface area contributed by atoms with Gasteiger partial charge in [-0.2, -0.15) is 5.10 Å². The highest BCUT2D eigenvalue weighted by Crippen LogP contribution is 2.24. The third-order valence-electron chi connectivity index (χ3n) is 2.32. The van der Waals surface area contributed by atoms with Gasteiger partial charge in [-0.1, -0.05) is 0 Å². The second-order valence-electron chi connectivity index (χ2n) is 3.53. The van der Waals surface area contributed by atoms with Gasteiger partial charge in [0.15, 0.2) is 0 Å². The normalized spacial score (nSPS) is 10.5. The van der Waals surface area contributed by atoms with Crippen LogP contribution in [0.5, 0.6) is 0 Å². The van der Waals surface area contributed by atoms with E-state index in [0.29, 0.717) is 5.56 Å². The molecule has 0 unspecified atom stereocenters. The molecule has 1 aromatic carbocycles. The average molecular weight is 236 g/mol. The van der Waals surface area contributed by atoms with Crippen LogP contribution >= 0.6 is 0 Å². The predicted molar refractivity (Wildman–Crippen MR) is 59.3 cm³/mol. The highest BCUT2D eigenvalue weighted by Gasteiger charge is 2.17. The molecule has 17 heavy (non-hydrogen) atoms. The summed E-state index contributed by atoms with van der Waals surface area (Å²) in [4.78, 5) is 10.1. The third kappa shape index (κ3) is 1.94. The van der Waals surface area contributed by atoms with Crippen LogP contribution in [0.4, 0.5) is 15.9 Å². The van der Waals surface area contributed by atoms with Crippen molar-refractivity contribution in [3.8, 4) is 5.69 Å². The maximum Gasteiger partial charge on any atom is 0.297 e. The highest BCUT2D eigenvalue weighted by atomic mass is 19.1. The van der Waals surface area contributed by atoms with Crippen molar-refractivity contribution in [3.05, 3.63) is 45.9 Å². The number of nitrogens with zero attached hydrogens (tertiary/aromatic N) is 3. The molecule has 88 valence electrons. The molecule has 0 radical (unpaired) electrons. The number of hydrogen-bond acceptors (Lipinski definition) is 4. The zero-order chi connectivity index (χ0) is 12.6. The van der Waals surface area contributed by atoms with Crippen molar-refractivity contribution in [2.24, 2.45) is 0 Å². The van der Waals surface area contributed by atoms with E-state index in [9.17, 15) is 14.5 Å². The number of benzene rings is 1. The maximum absolute atomic E-state index is 12.9. The zero-order valence-corrected chi connectivity index (χ0v) is 8.92. The predicted octanol–water partition coefficient (Wildman–Crippen LogP) is 1.81. The van der Waals surface area contributed by atoms with E-state index in [-0.39, 0.29) is 17.2 Å². The summed E-state index contributed by atoms with van der Waals surface area (Å²) in [7, 11) is 0. The third-order valence-corrected chi connectivity index (χ3v) is 2.32. The zero-order valence-electron chi connectivity index (χ0n) is 8.92. The minimum atomic E-state index is -0.669. The van der Waals surface area contributed by atoms with Crippen LogP contribution in [0.2, 0.25) is 0 Å². The SMILES string of the molecule is Cc1cn(-c2ccc(F)cc2[N+](=O)[O-])nc1N. The lowest BCUT2D eigenvalue weighted by Crippen LogP contribution is -2.01. The molecule has 7 heteroatoms. The maximum atomic E-state index is 12.9. The Bertz CT molecular complexity index is 574. The quantitative estimate of drug-likeness (QED) is 0.636. The van der Waals surface area contributed by atoms with Gasteiger partial charge in [0.25, 0.3) is 5.69 Å². The number of aromatic nitrogens is 2. The number of nitrogen functional groups attached to an aromatic ring is 1. The summed E-state index contributed by atoms with van der Waals surface area (Å²) in [5, 5.41) is 14.7. The van der Waals surface area contributed by atoms with E-state index in [1.54, 1.807) is 13.1 Å². The monoisotopic (exact) mass is 236 g/mol. The van der Waals surface area contributed by atoms with Gasteiger partial charge < -0.3 is 5.73 Å². The van der Waals surface area contributed by atoms with Gasteiger partial charge in [-0.3, -0.25) is 10.1 Å². The molecule has 0 aliphatic heterocycles. The molecule has 2 aromatic rings. The topological polar surface area (TPSA) is 87.0 Å². The van der Waals surface area contributed by atoms with Gasteiger partial charge in [0, 0.05) is 11.8 Å². The molecule has 0 aliphatic rings. The number of rotatable bonds is 2. The smallest absolute Gasteiger partial charge is 0.297 e. The minimum Gasteiger partial charge on any atom is -0.382 e. The van der Waals surface area contributed by atoms with E-state index in [1.807, 2.05) is 0 Å². The van der Waals surface area contributed by atoms with Crippen LogP contribution in [-0.2, 0) is 0 Å². The molecule has 0 amide bonds. The van der Waals surface area contributed by atoms with Crippen LogP contribution in [0.25, 0.3) is 5.69 Å². The molecule has 6 nitrogen and oxygen atoms in total. The molecular formula is C10H9FN4O2. The van der Waals surface area contributed by atoms with E-state index < -0.39 is 10.7 Å². The molecule has 0 spiro atoms. The fourth-order valence-corrected chi connectivity index (χ4v) is 1.43. The minimum absolute atomic E-state index is 0.177. The molecule has 1 heterocycles. The molecule has 2 rings (SSSR count). The number of halogens is 1. The summed E-state index contributed by atoms with van der Waals surface area (Å²) in [5.41, 5.74) is 6.08. The van der Waals surface area contributed by atoms with E-state index in [2.05, 4.69) is 5.10 Å². The standard InChI is InChI=1S/C10H9FN4O2/c1-6-5-14(13-10(6)12)8-3-2-7(11)4-9(8)15(16)17/h2-5H,1H3,(H2,12,13). The summed E-state index contributed by atoms with van der Waals surface area (Å²) in [6.45, 7) is 1.73. The molecule has 0 aliphatic carbocycles. The van der Waals surface area contributed by atoms with Gasteiger partial charge in [0.1, 0.15) is 17.3 Å². The van der Waals surface area contributed by atoms with E-state index in [1.165, 1.54) is 10.7 Å². The number of nitro benzene ring substituents is 1. The van der Waals surface area contributed by atoms with Gasteiger partial charge in [-0.05, 0) is 19.1 Å². The van der Waals surface area contributed by atoms with Crippen LogP contribution in [0.15, 0.2) is 24.4 Å². The lowest BCUT2D eigenvalue weighted by molar-refractivity contribution is -0.384. The number of aryl methyl sites for hydroxylation is 1. The molecule has 0 atom stereocenters. The van der Waals surface area contributed by atoms with Crippen LogP contribution < -0.4 is 5.73 Å². The average Bonchev–Trinajstić information content (AvgIpc) is 2.59. The largest absolute Gasteiger partial charge is 0.382 e. The summed E-state index contributed by atoms with van der Waals surface area (Å²) >= 11 is 0. The van der Waals surface area contributed by atoms with Gasteiger partial charge in [-0.25, -0.2) is 9.07 Å². The van der Waals surface area contributed by atoms with Crippen molar-refractivity contribution < 1.29 is 9.31 Å². The van der Waals surface area contributed by atoms with Gasteiger partial charge >= 0.3 is 0 Å². The Morgan fingerprint density at radius 1 is 1.53 bits per heavy atom. The lowest BCUT2D eigenvalue weighted by atomic mass is 10.2. The van der Waals surface area contributed by atoms with E-state index >= 15 is 0 Å². The number of anilines is 1. The second kappa shape index (κ2) is 3.85. The van der Waals surface area contributed by atoms with Gasteiger partial charge in [0.05, 0.1) is 11.0 Å². The van der Waals surface area contributed by atoms with Crippen molar-refractivity contribution in [3.63, 3.8) is 0 Å². The Balaban J connectivity index is 2.62. The highest BCUT2D eigenvalue weighted by molar-refractivity contribution is 5.53. The van der Waals surface area contributed by atoms with Crippen molar-refractivity contribution in [1.29, 1.82) is 0 Å². The fourth-order valence-electron chi connectivity index (χ4n) is 1.43.